The van der Waals surface area contributed by atoms with E-state index in [-0.39, 0.29) is 22.1 Å². The normalized spacial score (nSPS) is 19.3. The number of carbonyl (C=O) groups is 2. The number of hydrogen-bond donors (Lipinski definition) is 0. The number of aromatic nitrogens is 1. The molecular weight excluding hydrogens is 375 g/mol. The van der Waals surface area contributed by atoms with E-state index in [4.69, 9.17) is 23.2 Å². The molecule has 26 heavy (non-hydrogen) atoms. The van der Waals surface area contributed by atoms with Gasteiger partial charge in [-0.2, -0.15) is 0 Å². The largest absolute Gasteiger partial charge is 0.342 e. The lowest BCUT2D eigenvalue weighted by Crippen LogP contribution is -2.51. The maximum atomic E-state index is 12.6. The standard InChI is InChI=1S/C18H24Cl2N4O2/c19-15-11-14(12-16(20)21-15)18(26)24-9-7-22(8-10-24)13-17(25)23-5-3-1-2-4-6-23/h11-12H,1-10,13H2. The van der Waals surface area contributed by atoms with E-state index in [2.05, 4.69) is 9.88 Å². The quantitative estimate of drug-likeness (QED) is 0.734. The highest BCUT2D eigenvalue weighted by Gasteiger charge is 2.25. The third kappa shape index (κ3) is 5.09. The second-order valence-corrected chi connectivity index (χ2v) is 7.64. The molecule has 1 aromatic rings. The summed E-state index contributed by atoms with van der Waals surface area (Å²) in [5.74, 6) is 0.106. The van der Waals surface area contributed by atoms with Crippen LogP contribution in [0.1, 0.15) is 36.0 Å². The first-order chi connectivity index (χ1) is 12.5. The fourth-order valence-corrected chi connectivity index (χ4v) is 3.95. The summed E-state index contributed by atoms with van der Waals surface area (Å²) in [6.45, 7) is 4.75. The maximum Gasteiger partial charge on any atom is 0.254 e. The van der Waals surface area contributed by atoms with E-state index in [0.717, 1.165) is 25.9 Å². The topological polar surface area (TPSA) is 56.8 Å². The van der Waals surface area contributed by atoms with E-state index < -0.39 is 0 Å². The highest BCUT2D eigenvalue weighted by Crippen LogP contribution is 2.17. The summed E-state index contributed by atoms with van der Waals surface area (Å²) in [5, 5.41) is 0.421. The van der Waals surface area contributed by atoms with Crippen LogP contribution in [-0.4, -0.2) is 77.3 Å². The van der Waals surface area contributed by atoms with E-state index in [9.17, 15) is 9.59 Å². The van der Waals surface area contributed by atoms with Crippen molar-refractivity contribution >= 4 is 35.0 Å². The summed E-state index contributed by atoms with van der Waals surface area (Å²) in [6.07, 6.45) is 4.64. The molecule has 0 saturated carbocycles. The SMILES string of the molecule is O=C(CN1CCN(C(=O)c2cc(Cl)nc(Cl)c2)CC1)N1CCCCCC1. The van der Waals surface area contributed by atoms with Crippen molar-refractivity contribution in [1.29, 1.82) is 0 Å². The molecular formula is C18H24Cl2N4O2. The minimum Gasteiger partial charge on any atom is -0.342 e. The van der Waals surface area contributed by atoms with Gasteiger partial charge in [-0.3, -0.25) is 14.5 Å². The summed E-state index contributed by atoms with van der Waals surface area (Å²) in [7, 11) is 0. The highest BCUT2D eigenvalue weighted by atomic mass is 35.5. The summed E-state index contributed by atoms with van der Waals surface area (Å²) in [6, 6.07) is 3.07. The zero-order chi connectivity index (χ0) is 18.5. The van der Waals surface area contributed by atoms with E-state index in [1.54, 1.807) is 4.90 Å². The van der Waals surface area contributed by atoms with Gasteiger partial charge in [0.2, 0.25) is 5.91 Å². The Morgan fingerprint density at radius 1 is 0.846 bits per heavy atom. The first-order valence-electron chi connectivity index (χ1n) is 9.15. The van der Waals surface area contributed by atoms with Gasteiger partial charge in [0.25, 0.3) is 5.91 Å². The molecule has 0 aromatic carbocycles. The van der Waals surface area contributed by atoms with Crippen LogP contribution in [0.4, 0.5) is 0 Å². The monoisotopic (exact) mass is 398 g/mol. The fourth-order valence-electron chi connectivity index (χ4n) is 3.49. The predicted octanol–water partition coefficient (Wildman–Crippen LogP) is 2.55. The van der Waals surface area contributed by atoms with Gasteiger partial charge in [0.15, 0.2) is 0 Å². The molecule has 142 valence electrons. The Morgan fingerprint density at radius 3 is 2.00 bits per heavy atom. The number of pyridine rings is 1. The lowest BCUT2D eigenvalue weighted by molar-refractivity contribution is -0.132. The average Bonchev–Trinajstić information content (AvgIpc) is 2.90. The van der Waals surface area contributed by atoms with Crippen LogP contribution in [0.3, 0.4) is 0 Å². The van der Waals surface area contributed by atoms with Gasteiger partial charge in [-0.05, 0) is 25.0 Å². The molecule has 2 aliphatic rings. The number of rotatable bonds is 3. The average molecular weight is 399 g/mol. The summed E-state index contributed by atoms with van der Waals surface area (Å²) < 4.78 is 0. The number of piperazine rings is 1. The van der Waals surface area contributed by atoms with Crippen molar-refractivity contribution in [3.63, 3.8) is 0 Å². The van der Waals surface area contributed by atoms with Crippen LogP contribution >= 0.6 is 23.2 Å². The molecule has 0 radical (unpaired) electrons. The molecule has 3 heterocycles. The lowest BCUT2D eigenvalue weighted by Gasteiger charge is -2.35. The second kappa shape index (κ2) is 9.02. The van der Waals surface area contributed by atoms with Crippen molar-refractivity contribution in [2.24, 2.45) is 0 Å². The Morgan fingerprint density at radius 2 is 1.42 bits per heavy atom. The van der Waals surface area contributed by atoms with E-state index in [1.807, 2.05) is 4.90 Å². The number of likely N-dealkylation sites (tertiary alicyclic amines) is 1. The minimum absolute atomic E-state index is 0.102. The molecule has 1 aromatic heterocycles. The minimum atomic E-state index is -0.102. The Balaban J connectivity index is 1.50. The van der Waals surface area contributed by atoms with Crippen LogP contribution in [0.2, 0.25) is 10.3 Å². The van der Waals surface area contributed by atoms with Gasteiger partial charge < -0.3 is 9.80 Å². The van der Waals surface area contributed by atoms with Gasteiger partial charge in [0.1, 0.15) is 10.3 Å². The Hall–Kier alpha value is -1.37. The van der Waals surface area contributed by atoms with Gasteiger partial charge in [-0.1, -0.05) is 36.0 Å². The van der Waals surface area contributed by atoms with E-state index in [0.29, 0.717) is 38.3 Å². The molecule has 6 nitrogen and oxygen atoms in total. The van der Waals surface area contributed by atoms with E-state index >= 15 is 0 Å². The molecule has 0 bridgehead atoms. The summed E-state index contributed by atoms with van der Waals surface area (Å²) in [5.41, 5.74) is 0.448. The summed E-state index contributed by atoms with van der Waals surface area (Å²) in [4.78, 5) is 34.9. The van der Waals surface area contributed by atoms with Crippen LogP contribution in [0.25, 0.3) is 0 Å². The van der Waals surface area contributed by atoms with Gasteiger partial charge in [-0.15, -0.1) is 0 Å². The van der Waals surface area contributed by atoms with Crippen molar-refractivity contribution in [2.75, 3.05) is 45.8 Å². The Labute approximate surface area is 164 Å². The first kappa shape index (κ1) is 19.4. The van der Waals surface area contributed by atoms with Crippen LogP contribution in [0, 0.1) is 0 Å². The molecule has 0 unspecified atom stereocenters. The maximum absolute atomic E-state index is 12.6. The van der Waals surface area contributed by atoms with Crippen LogP contribution in [-0.2, 0) is 4.79 Å². The molecule has 8 heteroatoms. The van der Waals surface area contributed by atoms with Crippen LogP contribution in [0.5, 0.6) is 0 Å². The van der Waals surface area contributed by atoms with Crippen molar-refractivity contribution in [1.82, 2.24) is 19.7 Å². The van der Waals surface area contributed by atoms with Crippen LogP contribution < -0.4 is 0 Å². The Kier molecular flexibility index (Phi) is 6.73. The smallest absolute Gasteiger partial charge is 0.254 e. The number of nitrogens with zero attached hydrogens (tertiary/aromatic N) is 4. The van der Waals surface area contributed by atoms with Gasteiger partial charge in [0, 0.05) is 44.8 Å². The van der Waals surface area contributed by atoms with Gasteiger partial charge in [-0.25, -0.2) is 4.98 Å². The molecule has 0 atom stereocenters. The molecule has 3 rings (SSSR count). The molecule has 2 amide bonds. The second-order valence-electron chi connectivity index (χ2n) is 6.86. The fraction of sp³-hybridized carbons (Fsp3) is 0.611. The predicted molar refractivity (Wildman–Crippen MR) is 102 cm³/mol. The zero-order valence-electron chi connectivity index (χ0n) is 14.8. The van der Waals surface area contributed by atoms with Crippen molar-refractivity contribution in [3.05, 3.63) is 28.0 Å². The number of carbonyl (C=O) groups excluding carboxylic acids is 2. The van der Waals surface area contributed by atoms with Crippen molar-refractivity contribution in [3.8, 4) is 0 Å². The lowest BCUT2D eigenvalue weighted by atomic mass is 10.2. The number of halogens is 2. The summed E-state index contributed by atoms with van der Waals surface area (Å²) >= 11 is 11.8. The molecule has 2 fully saturated rings. The van der Waals surface area contributed by atoms with Crippen molar-refractivity contribution in [2.45, 2.75) is 25.7 Å². The molecule has 0 aliphatic carbocycles. The molecule has 2 aliphatic heterocycles. The number of hydrogen-bond acceptors (Lipinski definition) is 4. The van der Waals surface area contributed by atoms with Crippen molar-refractivity contribution < 1.29 is 9.59 Å². The number of amides is 2. The van der Waals surface area contributed by atoms with Gasteiger partial charge in [0.05, 0.1) is 6.54 Å². The molecule has 0 N–H and O–H groups in total. The molecule has 0 spiro atoms. The third-order valence-corrected chi connectivity index (χ3v) is 5.37. The van der Waals surface area contributed by atoms with E-state index in [1.165, 1.54) is 25.0 Å². The highest BCUT2D eigenvalue weighted by molar-refractivity contribution is 6.33. The third-order valence-electron chi connectivity index (χ3n) is 4.99. The molecule has 2 saturated heterocycles. The van der Waals surface area contributed by atoms with Gasteiger partial charge >= 0.3 is 0 Å². The Bertz CT molecular complexity index is 634. The zero-order valence-corrected chi connectivity index (χ0v) is 16.3. The van der Waals surface area contributed by atoms with Crippen LogP contribution in [0.15, 0.2) is 12.1 Å². The first-order valence-corrected chi connectivity index (χ1v) is 9.91.